The summed E-state index contributed by atoms with van der Waals surface area (Å²) in [5, 5.41) is 10.4. The number of esters is 1. The highest BCUT2D eigenvalue weighted by molar-refractivity contribution is 5.99. The third-order valence-corrected chi connectivity index (χ3v) is 8.85. The van der Waals surface area contributed by atoms with E-state index in [1.165, 1.54) is 0 Å². The Bertz CT molecular complexity index is 993. The van der Waals surface area contributed by atoms with Crippen molar-refractivity contribution in [2.24, 2.45) is 17.8 Å². The van der Waals surface area contributed by atoms with Crippen LogP contribution in [0.2, 0.25) is 0 Å². The second kappa shape index (κ2) is 10.7. The van der Waals surface area contributed by atoms with Gasteiger partial charge >= 0.3 is 5.97 Å². The molecule has 2 amide bonds. The Kier molecular flexibility index (Phi) is 7.70. The fourth-order valence-electron chi connectivity index (χ4n) is 7.08. The van der Waals surface area contributed by atoms with Crippen LogP contribution in [0.5, 0.6) is 0 Å². The van der Waals surface area contributed by atoms with Gasteiger partial charge in [-0.05, 0) is 24.8 Å². The summed E-state index contributed by atoms with van der Waals surface area (Å²) in [6.07, 6.45) is 8.36. The molecule has 0 aromatic heterocycles. The summed E-state index contributed by atoms with van der Waals surface area (Å²) < 4.78 is 17.8. The lowest BCUT2D eigenvalue weighted by atomic mass is 9.73. The normalized spacial score (nSPS) is 36.1. The summed E-state index contributed by atoms with van der Waals surface area (Å²) in [6.45, 7) is 10.4. The van der Waals surface area contributed by atoms with Crippen molar-refractivity contribution in [3.63, 3.8) is 0 Å². The molecule has 5 aliphatic rings. The second-order valence-corrected chi connectivity index (χ2v) is 11.5. The van der Waals surface area contributed by atoms with Crippen LogP contribution in [0.25, 0.3) is 0 Å². The van der Waals surface area contributed by atoms with E-state index in [9.17, 15) is 19.5 Å². The Balaban J connectivity index is 1.55. The summed E-state index contributed by atoms with van der Waals surface area (Å²) >= 11 is 0. The van der Waals surface area contributed by atoms with Crippen molar-refractivity contribution in [2.75, 3.05) is 59.2 Å². The second-order valence-electron chi connectivity index (χ2n) is 11.5. The highest BCUT2D eigenvalue weighted by atomic mass is 16.6. The van der Waals surface area contributed by atoms with E-state index in [0.29, 0.717) is 45.7 Å². The quantitative estimate of drug-likeness (QED) is 0.358. The van der Waals surface area contributed by atoms with Gasteiger partial charge in [-0.3, -0.25) is 19.3 Å². The van der Waals surface area contributed by atoms with Gasteiger partial charge in [-0.25, -0.2) is 0 Å². The van der Waals surface area contributed by atoms with Gasteiger partial charge in [-0.1, -0.05) is 39.0 Å². The topological polar surface area (TPSA) is 109 Å². The lowest BCUT2D eigenvalue weighted by Crippen LogP contribution is -2.59. The number of carbonyl (C=O) groups excluding carboxylic acids is 3. The van der Waals surface area contributed by atoms with Gasteiger partial charge in [0.15, 0.2) is 0 Å². The monoisotopic (exact) mass is 531 g/mol. The minimum Gasteiger partial charge on any atom is -0.461 e. The van der Waals surface area contributed by atoms with Crippen LogP contribution in [0.15, 0.2) is 24.3 Å². The number of ether oxygens (including phenoxy) is 3. The molecule has 0 radical (unpaired) electrons. The number of amides is 2. The van der Waals surface area contributed by atoms with Crippen molar-refractivity contribution in [1.82, 2.24) is 14.7 Å². The first-order chi connectivity index (χ1) is 18.3. The first-order valence-electron chi connectivity index (χ1n) is 14.0. The van der Waals surface area contributed by atoms with Crippen molar-refractivity contribution in [1.29, 1.82) is 0 Å². The fraction of sp³-hybridized carbons (Fsp3) is 0.750. The Morgan fingerprint density at radius 3 is 2.50 bits per heavy atom. The number of aliphatic hydroxyl groups excluding tert-OH is 1. The predicted octanol–water partition coefficient (Wildman–Crippen LogP) is 0.598. The lowest BCUT2D eigenvalue weighted by Gasteiger charge is -2.41. The predicted molar refractivity (Wildman–Crippen MR) is 138 cm³/mol. The van der Waals surface area contributed by atoms with Gasteiger partial charge in [0.05, 0.1) is 31.8 Å². The zero-order valence-electron chi connectivity index (χ0n) is 22.7. The number of morpholine rings is 1. The van der Waals surface area contributed by atoms with Crippen LogP contribution in [0.3, 0.4) is 0 Å². The van der Waals surface area contributed by atoms with Crippen molar-refractivity contribution < 1.29 is 33.7 Å². The first-order valence-corrected chi connectivity index (χ1v) is 14.0. The molecule has 210 valence electrons. The highest BCUT2D eigenvalue weighted by Gasteiger charge is 2.76. The number of aliphatic hydroxyl groups is 1. The number of fused-ring (bicyclic) bond motifs is 2. The minimum atomic E-state index is -1.33. The molecule has 1 spiro atoms. The van der Waals surface area contributed by atoms with Crippen LogP contribution in [0.4, 0.5) is 0 Å². The van der Waals surface area contributed by atoms with Gasteiger partial charge in [-0.15, -0.1) is 0 Å². The molecule has 1 unspecified atom stereocenters. The van der Waals surface area contributed by atoms with Crippen LogP contribution in [-0.2, 0) is 28.6 Å². The Hall–Kier alpha value is -2.27. The summed E-state index contributed by atoms with van der Waals surface area (Å²) in [4.78, 5) is 47.7. The zero-order valence-corrected chi connectivity index (χ0v) is 22.7. The molecule has 10 heteroatoms. The van der Waals surface area contributed by atoms with E-state index >= 15 is 0 Å². The molecule has 5 rings (SSSR count). The average molecular weight is 532 g/mol. The molecule has 0 saturated carbocycles. The van der Waals surface area contributed by atoms with Gasteiger partial charge in [-0.2, -0.15) is 0 Å². The molecule has 0 bridgehead atoms. The first kappa shape index (κ1) is 27.3. The Labute approximate surface area is 224 Å². The van der Waals surface area contributed by atoms with Gasteiger partial charge in [0.25, 0.3) is 0 Å². The zero-order chi connectivity index (χ0) is 27.1. The molecule has 0 aromatic rings. The molecular weight excluding hydrogens is 490 g/mol. The standard InChI is InChI=1S/C28H41N3O7/c1-4-27-7-6-14-37-26(35)22(27)21-24(33)31(20(18-32)17-19(2)3)23-25(34)30(9-5-8-28(21,23)38-27)11-10-29-12-15-36-16-13-29/h5-8,19-23,32H,4,9-18H2,1-3H3/t20-,21+,22-,23?,27+,28+/m1/s1. The van der Waals surface area contributed by atoms with Crippen LogP contribution in [0, 0.1) is 17.8 Å². The van der Waals surface area contributed by atoms with Crippen molar-refractivity contribution in [3.05, 3.63) is 24.3 Å². The van der Waals surface area contributed by atoms with Crippen molar-refractivity contribution >= 4 is 17.8 Å². The van der Waals surface area contributed by atoms with E-state index < -0.39 is 41.1 Å². The number of nitrogens with zero attached hydrogens (tertiary/aromatic N) is 3. The van der Waals surface area contributed by atoms with Crippen LogP contribution in [-0.4, -0.2) is 120 Å². The molecule has 0 aromatic carbocycles. The minimum absolute atomic E-state index is 0.123. The molecule has 5 heterocycles. The van der Waals surface area contributed by atoms with E-state index in [4.69, 9.17) is 14.2 Å². The van der Waals surface area contributed by atoms with E-state index in [1.54, 1.807) is 15.9 Å². The summed E-state index contributed by atoms with van der Waals surface area (Å²) in [5.74, 6) is -2.61. The molecule has 0 aliphatic carbocycles. The molecular formula is C28H41N3O7. The van der Waals surface area contributed by atoms with E-state index in [1.807, 2.05) is 39.0 Å². The van der Waals surface area contributed by atoms with Gasteiger partial charge in [0.1, 0.15) is 29.8 Å². The van der Waals surface area contributed by atoms with Gasteiger partial charge in [0, 0.05) is 32.7 Å². The Morgan fingerprint density at radius 2 is 1.82 bits per heavy atom. The van der Waals surface area contributed by atoms with Crippen LogP contribution >= 0.6 is 0 Å². The van der Waals surface area contributed by atoms with Crippen LogP contribution < -0.4 is 0 Å². The van der Waals surface area contributed by atoms with Crippen LogP contribution in [0.1, 0.15) is 33.6 Å². The number of cyclic esters (lactones) is 1. The third-order valence-electron chi connectivity index (χ3n) is 8.85. The molecule has 3 fully saturated rings. The maximum Gasteiger partial charge on any atom is 0.313 e. The summed E-state index contributed by atoms with van der Waals surface area (Å²) in [6, 6.07) is -1.54. The molecule has 10 nitrogen and oxygen atoms in total. The van der Waals surface area contributed by atoms with E-state index in [0.717, 1.165) is 13.1 Å². The molecule has 5 aliphatic heterocycles. The maximum absolute atomic E-state index is 14.4. The molecule has 3 saturated heterocycles. The number of rotatable bonds is 8. The maximum atomic E-state index is 14.4. The smallest absolute Gasteiger partial charge is 0.313 e. The highest BCUT2D eigenvalue weighted by Crippen LogP contribution is 2.58. The van der Waals surface area contributed by atoms with E-state index in [-0.39, 0.29) is 30.9 Å². The van der Waals surface area contributed by atoms with Crippen molar-refractivity contribution in [2.45, 2.75) is 56.9 Å². The molecule has 1 N–H and O–H groups in total. The van der Waals surface area contributed by atoms with Crippen molar-refractivity contribution in [3.8, 4) is 0 Å². The summed E-state index contributed by atoms with van der Waals surface area (Å²) in [7, 11) is 0. The SMILES string of the molecule is CC[C@]12C=CCOC(=O)[C@H]1[C@H]1C(=O)N([C@@H](CO)CC(C)C)C3C(=O)N(CCN4CCOCC4)CC=C[C@@]31O2. The molecule has 38 heavy (non-hydrogen) atoms. The number of hydrogen-bond acceptors (Lipinski definition) is 8. The fourth-order valence-corrected chi connectivity index (χ4v) is 7.08. The number of carbonyl (C=O) groups is 3. The lowest BCUT2D eigenvalue weighted by molar-refractivity contribution is -0.161. The van der Waals surface area contributed by atoms with Gasteiger partial charge in [0.2, 0.25) is 11.8 Å². The average Bonchev–Trinajstić information content (AvgIpc) is 3.19. The largest absolute Gasteiger partial charge is 0.461 e. The summed E-state index contributed by atoms with van der Waals surface area (Å²) in [5.41, 5.74) is -2.37. The van der Waals surface area contributed by atoms with Gasteiger partial charge < -0.3 is 29.1 Å². The third kappa shape index (κ3) is 4.39. The van der Waals surface area contributed by atoms with E-state index in [2.05, 4.69) is 4.90 Å². The number of likely N-dealkylation sites (tertiary alicyclic amines) is 1. The Morgan fingerprint density at radius 1 is 1.05 bits per heavy atom. The molecule has 6 atom stereocenters. The number of hydrogen-bond donors (Lipinski definition) is 1.